The lowest BCUT2D eigenvalue weighted by Crippen LogP contribution is -2.34. The minimum Gasteiger partial charge on any atom is -0.454 e. The van der Waals surface area contributed by atoms with Crippen molar-refractivity contribution in [3.8, 4) is 11.5 Å². The van der Waals surface area contributed by atoms with Gasteiger partial charge in [-0.1, -0.05) is 30.3 Å². The van der Waals surface area contributed by atoms with Crippen LogP contribution in [0.4, 0.5) is 5.69 Å². The smallest absolute Gasteiger partial charge is 0.231 e. The number of rotatable bonds is 9. The normalized spacial score (nSPS) is 11.9. The van der Waals surface area contributed by atoms with Crippen LogP contribution >= 0.6 is 12.4 Å². The third-order valence-electron chi connectivity index (χ3n) is 4.32. The number of anilines is 1. The van der Waals surface area contributed by atoms with Crippen LogP contribution in [0.2, 0.25) is 0 Å². The SMILES string of the molecule is Cl.NCCN(CCC(=O)Nc1ccc2c(c1)OCO2)CCc1ccccc1. The van der Waals surface area contributed by atoms with Crippen molar-refractivity contribution in [2.24, 2.45) is 5.73 Å². The number of nitrogens with two attached hydrogens (primary N) is 1. The van der Waals surface area contributed by atoms with Crippen molar-refractivity contribution in [1.29, 1.82) is 0 Å². The van der Waals surface area contributed by atoms with Gasteiger partial charge in [-0.05, 0) is 24.1 Å². The van der Waals surface area contributed by atoms with Crippen LogP contribution in [0.1, 0.15) is 12.0 Å². The number of hydrogen-bond acceptors (Lipinski definition) is 5. The van der Waals surface area contributed by atoms with E-state index in [9.17, 15) is 4.79 Å². The largest absolute Gasteiger partial charge is 0.454 e. The maximum absolute atomic E-state index is 12.3. The molecule has 3 rings (SSSR count). The van der Waals surface area contributed by atoms with Gasteiger partial charge in [-0.2, -0.15) is 0 Å². The van der Waals surface area contributed by atoms with E-state index in [1.165, 1.54) is 5.56 Å². The van der Waals surface area contributed by atoms with Crippen molar-refractivity contribution in [2.45, 2.75) is 12.8 Å². The van der Waals surface area contributed by atoms with Crippen molar-refractivity contribution >= 4 is 24.0 Å². The Balaban J connectivity index is 0.00000261. The molecule has 0 unspecified atom stereocenters. The van der Waals surface area contributed by atoms with Crippen LogP contribution in [0.25, 0.3) is 0 Å². The summed E-state index contributed by atoms with van der Waals surface area (Å²) in [6, 6.07) is 15.7. The van der Waals surface area contributed by atoms with Gasteiger partial charge in [-0.25, -0.2) is 0 Å². The van der Waals surface area contributed by atoms with Crippen molar-refractivity contribution in [3.63, 3.8) is 0 Å². The van der Waals surface area contributed by atoms with Gasteiger partial charge in [0.2, 0.25) is 12.7 Å². The molecule has 2 aromatic carbocycles. The monoisotopic (exact) mass is 391 g/mol. The van der Waals surface area contributed by atoms with Gasteiger partial charge in [-0.3, -0.25) is 4.79 Å². The molecule has 1 aliphatic heterocycles. The van der Waals surface area contributed by atoms with Crippen molar-refractivity contribution in [3.05, 3.63) is 54.1 Å². The molecule has 0 bridgehead atoms. The molecule has 0 radical (unpaired) electrons. The molecule has 6 nitrogen and oxygen atoms in total. The summed E-state index contributed by atoms with van der Waals surface area (Å²) < 4.78 is 10.6. The molecule has 7 heteroatoms. The molecule has 0 fully saturated rings. The fraction of sp³-hybridized carbons (Fsp3) is 0.350. The summed E-state index contributed by atoms with van der Waals surface area (Å²) in [5, 5.41) is 2.91. The number of ether oxygens (including phenoxy) is 2. The highest BCUT2D eigenvalue weighted by atomic mass is 35.5. The van der Waals surface area contributed by atoms with Gasteiger partial charge in [0.25, 0.3) is 0 Å². The molecular weight excluding hydrogens is 366 g/mol. The molecule has 0 spiro atoms. The Morgan fingerprint density at radius 1 is 1.04 bits per heavy atom. The highest BCUT2D eigenvalue weighted by Gasteiger charge is 2.14. The van der Waals surface area contributed by atoms with Crippen LogP contribution in [0, 0.1) is 0 Å². The molecule has 0 atom stereocenters. The molecule has 27 heavy (non-hydrogen) atoms. The Kier molecular flexibility index (Phi) is 8.39. The Morgan fingerprint density at radius 2 is 1.81 bits per heavy atom. The highest BCUT2D eigenvalue weighted by molar-refractivity contribution is 5.91. The van der Waals surface area contributed by atoms with Crippen LogP contribution in [-0.4, -0.2) is 43.8 Å². The van der Waals surface area contributed by atoms with Gasteiger partial charge < -0.3 is 25.4 Å². The van der Waals surface area contributed by atoms with Crippen LogP contribution in [0.15, 0.2) is 48.5 Å². The van der Waals surface area contributed by atoms with E-state index in [4.69, 9.17) is 15.2 Å². The maximum Gasteiger partial charge on any atom is 0.231 e. The minimum atomic E-state index is -0.0226. The molecule has 146 valence electrons. The zero-order chi connectivity index (χ0) is 18.2. The Morgan fingerprint density at radius 3 is 2.59 bits per heavy atom. The van der Waals surface area contributed by atoms with Crippen LogP contribution < -0.4 is 20.5 Å². The number of benzene rings is 2. The van der Waals surface area contributed by atoms with Gasteiger partial charge in [0.15, 0.2) is 11.5 Å². The zero-order valence-electron chi connectivity index (χ0n) is 15.2. The summed E-state index contributed by atoms with van der Waals surface area (Å²) in [6.07, 6.45) is 1.37. The second-order valence-corrected chi connectivity index (χ2v) is 6.23. The lowest BCUT2D eigenvalue weighted by atomic mass is 10.1. The van der Waals surface area contributed by atoms with Gasteiger partial charge in [0.05, 0.1) is 0 Å². The first-order chi connectivity index (χ1) is 12.7. The third kappa shape index (κ3) is 6.43. The number of fused-ring (bicyclic) bond motifs is 1. The lowest BCUT2D eigenvalue weighted by Gasteiger charge is -2.21. The summed E-state index contributed by atoms with van der Waals surface area (Å²) in [5.41, 5.74) is 7.72. The molecule has 3 N–H and O–H groups in total. The fourth-order valence-electron chi connectivity index (χ4n) is 2.91. The fourth-order valence-corrected chi connectivity index (χ4v) is 2.91. The number of nitrogens with zero attached hydrogens (tertiary/aromatic N) is 1. The average Bonchev–Trinajstić information content (AvgIpc) is 3.12. The van der Waals surface area contributed by atoms with E-state index in [0.29, 0.717) is 36.7 Å². The lowest BCUT2D eigenvalue weighted by molar-refractivity contribution is -0.116. The molecule has 0 aromatic heterocycles. The number of amides is 1. The highest BCUT2D eigenvalue weighted by Crippen LogP contribution is 2.34. The minimum absolute atomic E-state index is 0. The maximum atomic E-state index is 12.3. The van der Waals surface area contributed by atoms with Gasteiger partial charge in [0.1, 0.15) is 0 Å². The molecule has 2 aromatic rings. The Hall–Kier alpha value is -2.28. The standard InChI is InChI=1S/C20H25N3O3.ClH/c21-10-13-23(11-8-16-4-2-1-3-5-16)12-9-20(24)22-17-6-7-18-19(14-17)26-15-25-18;/h1-7,14H,8-13,15,21H2,(H,22,24);1H. The zero-order valence-corrected chi connectivity index (χ0v) is 16.0. The van der Waals surface area contributed by atoms with Crippen molar-refractivity contribution in [1.82, 2.24) is 4.90 Å². The second kappa shape index (κ2) is 10.8. The van der Waals surface area contributed by atoms with E-state index in [2.05, 4.69) is 22.3 Å². The summed E-state index contributed by atoms with van der Waals surface area (Å²) >= 11 is 0. The first kappa shape index (κ1) is 21.0. The Labute approximate surface area is 166 Å². The Bertz CT molecular complexity index is 728. The first-order valence-electron chi connectivity index (χ1n) is 8.90. The quantitative estimate of drug-likeness (QED) is 0.687. The second-order valence-electron chi connectivity index (χ2n) is 6.23. The molecular formula is C20H26ClN3O3. The molecule has 0 saturated carbocycles. The van der Waals surface area contributed by atoms with Crippen molar-refractivity contribution < 1.29 is 14.3 Å². The predicted octanol–water partition coefficient (Wildman–Crippen LogP) is 2.67. The average molecular weight is 392 g/mol. The van der Waals surface area contributed by atoms with E-state index in [1.807, 2.05) is 24.3 Å². The molecule has 0 saturated heterocycles. The number of carbonyl (C=O) groups excluding carboxylic acids is 1. The topological polar surface area (TPSA) is 76.8 Å². The molecule has 1 heterocycles. The summed E-state index contributed by atoms with van der Waals surface area (Å²) in [4.78, 5) is 14.5. The number of carbonyl (C=O) groups is 1. The number of hydrogen-bond donors (Lipinski definition) is 2. The first-order valence-corrected chi connectivity index (χ1v) is 8.90. The van der Waals surface area contributed by atoms with Crippen LogP contribution in [0.3, 0.4) is 0 Å². The van der Waals surface area contributed by atoms with Crippen molar-refractivity contribution in [2.75, 3.05) is 38.3 Å². The van der Waals surface area contributed by atoms with E-state index < -0.39 is 0 Å². The van der Waals surface area contributed by atoms with Crippen LogP contribution in [0.5, 0.6) is 11.5 Å². The van der Waals surface area contributed by atoms with E-state index in [1.54, 1.807) is 12.1 Å². The van der Waals surface area contributed by atoms with E-state index >= 15 is 0 Å². The summed E-state index contributed by atoms with van der Waals surface area (Å²) in [5.74, 6) is 1.35. The molecule has 1 aliphatic rings. The van der Waals surface area contributed by atoms with E-state index in [-0.39, 0.29) is 25.1 Å². The molecule has 1 amide bonds. The summed E-state index contributed by atoms with van der Waals surface area (Å²) in [6.45, 7) is 3.16. The molecule has 0 aliphatic carbocycles. The number of halogens is 1. The predicted molar refractivity (Wildman–Crippen MR) is 109 cm³/mol. The van der Waals surface area contributed by atoms with Gasteiger partial charge >= 0.3 is 0 Å². The number of nitrogens with one attached hydrogen (secondary N) is 1. The third-order valence-corrected chi connectivity index (χ3v) is 4.32. The summed E-state index contributed by atoms with van der Waals surface area (Å²) in [7, 11) is 0. The van der Waals surface area contributed by atoms with Gasteiger partial charge in [0, 0.05) is 44.4 Å². The van der Waals surface area contributed by atoms with E-state index in [0.717, 1.165) is 19.5 Å². The van der Waals surface area contributed by atoms with Gasteiger partial charge in [-0.15, -0.1) is 12.4 Å². The van der Waals surface area contributed by atoms with Crippen LogP contribution in [-0.2, 0) is 11.2 Å².